The van der Waals surface area contributed by atoms with Crippen molar-refractivity contribution in [2.45, 2.75) is 12.8 Å². The molecule has 0 unspecified atom stereocenters. The molecule has 1 N–H and O–H groups in total. The normalized spacial score (nSPS) is 14.5. The molecule has 0 radical (unpaired) electrons. The minimum absolute atomic E-state index is 0.0639. The zero-order valence-corrected chi connectivity index (χ0v) is 12.8. The number of hydrogen-bond acceptors (Lipinski definition) is 2. The number of rotatable bonds is 4. The number of carbonyl (C=O) groups excluding carboxylic acids is 1. The van der Waals surface area contributed by atoms with E-state index < -0.39 is 0 Å². The second-order valence-electron chi connectivity index (χ2n) is 5.49. The lowest BCUT2D eigenvalue weighted by Crippen LogP contribution is -2.42. The van der Waals surface area contributed by atoms with Crippen LogP contribution in [0, 0.1) is 5.82 Å². The summed E-state index contributed by atoms with van der Waals surface area (Å²) in [6.45, 7) is 1.78. The van der Waals surface area contributed by atoms with Crippen molar-refractivity contribution in [2.24, 2.45) is 0 Å². The van der Waals surface area contributed by atoms with Crippen LogP contribution in [0.1, 0.15) is 17.7 Å². The Morgan fingerprint density at radius 2 is 2.09 bits per heavy atom. The topological polar surface area (TPSA) is 45.5 Å². The van der Waals surface area contributed by atoms with Crippen LogP contribution in [0.2, 0.25) is 0 Å². The molecule has 1 aliphatic heterocycles. The zero-order valence-electron chi connectivity index (χ0n) is 12.8. The number of nitrogens with one attached hydrogen (secondary N) is 1. The highest BCUT2D eigenvalue weighted by Crippen LogP contribution is 2.22. The van der Waals surface area contributed by atoms with Gasteiger partial charge in [-0.05, 0) is 41.8 Å². The third kappa shape index (κ3) is 4.00. The van der Waals surface area contributed by atoms with Crippen LogP contribution < -0.4 is 5.32 Å². The standard InChI is InChI=1S/C18H19FN2O2/c19-16-5-3-14(4-6-16)15-8-11-21(12-9-15)18(22)20-10-7-17-2-1-13-23-17/h1-6,8,13H,7,9-12H2,(H,20,22). The van der Waals surface area contributed by atoms with E-state index in [2.05, 4.69) is 5.32 Å². The first-order chi connectivity index (χ1) is 11.2. The maximum Gasteiger partial charge on any atom is 0.317 e. The Hall–Kier alpha value is -2.56. The molecule has 0 saturated heterocycles. The Bertz CT molecular complexity index is 678. The fourth-order valence-corrected chi connectivity index (χ4v) is 2.64. The Kier molecular flexibility index (Phi) is 4.76. The lowest BCUT2D eigenvalue weighted by Gasteiger charge is -2.26. The molecular weight excluding hydrogens is 295 g/mol. The summed E-state index contributed by atoms with van der Waals surface area (Å²) in [5.41, 5.74) is 2.17. The van der Waals surface area contributed by atoms with Gasteiger partial charge in [0.1, 0.15) is 11.6 Å². The van der Waals surface area contributed by atoms with E-state index in [0.717, 1.165) is 23.3 Å². The predicted octanol–water partition coefficient (Wildman–Crippen LogP) is 3.46. The van der Waals surface area contributed by atoms with Crippen molar-refractivity contribution in [3.05, 3.63) is 65.9 Å². The fraction of sp³-hybridized carbons (Fsp3) is 0.278. The van der Waals surface area contributed by atoms with E-state index in [9.17, 15) is 9.18 Å². The molecule has 23 heavy (non-hydrogen) atoms. The van der Waals surface area contributed by atoms with Gasteiger partial charge in [0.15, 0.2) is 0 Å². The summed E-state index contributed by atoms with van der Waals surface area (Å²) in [5, 5.41) is 2.90. The number of benzene rings is 1. The highest BCUT2D eigenvalue weighted by atomic mass is 19.1. The van der Waals surface area contributed by atoms with Crippen LogP contribution in [0.3, 0.4) is 0 Å². The maximum absolute atomic E-state index is 13.0. The third-order valence-electron chi connectivity index (χ3n) is 3.94. The molecule has 4 nitrogen and oxygen atoms in total. The van der Waals surface area contributed by atoms with Gasteiger partial charge in [-0.3, -0.25) is 0 Å². The lowest BCUT2D eigenvalue weighted by molar-refractivity contribution is 0.203. The van der Waals surface area contributed by atoms with E-state index >= 15 is 0 Å². The van der Waals surface area contributed by atoms with Crippen molar-refractivity contribution in [2.75, 3.05) is 19.6 Å². The Balaban J connectivity index is 1.49. The minimum atomic E-state index is -0.234. The number of halogens is 1. The van der Waals surface area contributed by atoms with Gasteiger partial charge < -0.3 is 14.6 Å². The van der Waals surface area contributed by atoms with Gasteiger partial charge in [0.25, 0.3) is 0 Å². The van der Waals surface area contributed by atoms with Crippen molar-refractivity contribution in [1.82, 2.24) is 10.2 Å². The summed E-state index contributed by atoms with van der Waals surface area (Å²) < 4.78 is 18.2. The number of carbonyl (C=O) groups is 1. The maximum atomic E-state index is 13.0. The van der Waals surface area contributed by atoms with E-state index in [4.69, 9.17) is 4.42 Å². The zero-order chi connectivity index (χ0) is 16.1. The molecule has 0 aliphatic carbocycles. The smallest absolute Gasteiger partial charge is 0.317 e. The SMILES string of the molecule is O=C(NCCc1ccco1)N1CC=C(c2ccc(F)cc2)CC1. The van der Waals surface area contributed by atoms with Crippen molar-refractivity contribution >= 4 is 11.6 Å². The molecular formula is C18H19FN2O2. The Labute approximate surface area is 134 Å². The van der Waals surface area contributed by atoms with Gasteiger partial charge in [-0.25, -0.2) is 9.18 Å². The van der Waals surface area contributed by atoms with E-state index in [0.29, 0.717) is 26.1 Å². The molecule has 120 valence electrons. The van der Waals surface area contributed by atoms with Crippen LogP contribution in [-0.2, 0) is 6.42 Å². The second kappa shape index (κ2) is 7.13. The van der Waals surface area contributed by atoms with E-state index in [1.54, 1.807) is 23.3 Å². The molecule has 2 aromatic rings. The molecule has 1 aromatic heterocycles. The molecule has 2 amide bonds. The number of amides is 2. The molecule has 3 rings (SSSR count). The molecule has 2 heterocycles. The highest BCUT2D eigenvalue weighted by molar-refractivity contribution is 5.76. The number of urea groups is 1. The van der Waals surface area contributed by atoms with Crippen LogP contribution in [0.4, 0.5) is 9.18 Å². The van der Waals surface area contributed by atoms with Crippen molar-refractivity contribution < 1.29 is 13.6 Å². The molecule has 5 heteroatoms. The van der Waals surface area contributed by atoms with Gasteiger partial charge in [-0.2, -0.15) is 0 Å². The van der Waals surface area contributed by atoms with Crippen molar-refractivity contribution in [3.8, 4) is 0 Å². The average Bonchev–Trinajstić information content (AvgIpc) is 3.09. The first kappa shape index (κ1) is 15.3. The summed E-state index contributed by atoms with van der Waals surface area (Å²) in [6, 6.07) is 10.1. The summed E-state index contributed by atoms with van der Waals surface area (Å²) in [4.78, 5) is 13.9. The van der Waals surface area contributed by atoms with Crippen molar-refractivity contribution in [1.29, 1.82) is 0 Å². The van der Waals surface area contributed by atoms with Gasteiger partial charge in [0.2, 0.25) is 0 Å². The lowest BCUT2D eigenvalue weighted by atomic mass is 10.00. The van der Waals surface area contributed by atoms with Crippen LogP contribution in [-0.4, -0.2) is 30.6 Å². The van der Waals surface area contributed by atoms with E-state index in [1.165, 1.54) is 12.1 Å². The Morgan fingerprint density at radius 1 is 1.26 bits per heavy atom. The van der Waals surface area contributed by atoms with Gasteiger partial charge in [0, 0.05) is 26.1 Å². The number of nitrogens with zero attached hydrogens (tertiary/aromatic N) is 1. The molecule has 1 aliphatic rings. The summed E-state index contributed by atoms with van der Waals surface area (Å²) >= 11 is 0. The van der Waals surface area contributed by atoms with Crippen LogP contribution in [0.25, 0.3) is 5.57 Å². The van der Waals surface area contributed by atoms with Gasteiger partial charge >= 0.3 is 6.03 Å². The van der Waals surface area contributed by atoms with Gasteiger partial charge in [0.05, 0.1) is 6.26 Å². The summed E-state index contributed by atoms with van der Waals surface area (Å²) in [5.74, 6) is 0.630. The van der Waals surface area contributed by atoms with E-state index in [-0.39, 0.29) is 11.8 Å². The second-order valence-corrected chi connectivity index (χ2v) is 5.49. The van der Waals surface area contributed by atoms with Crippen LogP contribution in [0.15, 0.2) is 53.2 Å². The van der Waals surface area contributed by atoms with Crippen LogP contribution in [0.5, 0.6) is 0 Å². The summed E-state index contributed by atoms with van der Waals surface area (Å²) in [7, 11) is 0. The monoisotopic (exact) mass is 314 g/mol. The minimum Gasteiger partial charge on any atom is -0.469 e. The Morgan fingerprint density at radius 3 is 2.74 bits per heavy atom. The number of hydrogen-bond donors (Lipinski definition) is 1. The fourth-order valence-electron chi connectivity index (χ4n) is 2.64. The van der Waals surface area contributed by atoms with E-state index in [1.807, 2.05) is 18.2 Å². The number of furan rings is 1. The molecule has 0 saturated carbocycles. The van der Waals surface area contributed by atoms with Crippen molar-refractivity contribution in [3.63, 3.8) is 0 Å². The molecule has 0 spiro atoms. The molecule has 0 atom stereocenters. The quantitative estimate of drug-likeness (QED) is 0.939. The first-order valence-corrected chi connectivity index (χ1v) is 7.72. The molecule has 0 fully saturated rings. The highest BCUT2D eigenvalue weighted by Gasteiger charge is 2.17. The van der Waals surface area contributed by atoms with Crippen LogP contribution >= 0.6 is 0 Å². The third-order valence-corrected chi connectivity index (χ3v) is 3.94. The summed E-state index contributed by atoms with van der Waals surface area (Å²) in [6.07, 6.45) is 5.12. The first-order valence-electron chi connectivity index (χ1n) is 7.72. The predicted molar refractivity (Wildman–Crippen MR) is 86.4 cm³/mol. The molecule has 1 aromatic carbocycles. The largest absolute Gasteiger partial charge is 0.469 e. The molecule has 0 bridgehead atoms. The van der Waals surface area contributed by atoms with Gasteiger partial charge in [-0.1, -0.05) is 18.2 Å². The van der Waals surface area contributed by atoms with Gasteiger partial charge in [-0.15, -0.1) is 0 Å². The average molecular weight is 314 g/mol.